The van der Waals surface area contributed by atoms with Crippen LogP contribution < -0.4 is 5.32 Å². The Labute approximate surface area is 113 Å². The van der Waals surface area contributed by atoms with Crippen molar-refractivity contribution in [1.29, 1.82) is 0 Å². The summed E-state index contributed by atoms with van der Waals surface area (Å²) in [6.45, 7) is 0.531. The average Bonchev–Trinajstić information content (AvgIpc) is 3.16. The van der Waals surface area contributed by atoms with Gasteiger partial charge in [0, 0.05) is 11.9 Å². The van der Waals surface area contributed by atoms with E-state index >= 15 is 0 Å². The summed E-state index contributed by atoms with van der Waals surface area (Å²) in [5.41, 5.74) is 1.93. The van der Waals surface area contributed by atoms with Crippen LogP contribution in [0.5, 0.6) is 0 Å². The molecule has 2 aromatic heterocycles. The molecule has 1 fully saturated rings. The minimum atomic E-state index is -0.182. The van der Waals surface area contributed by atoms with Crippen LogP contribution in [-0.2, 0) is 5.41 Å². The maximum Gasteiger partial charge on any atom is 0.270 e. The first kappa shape index (κ1) is 12.2. The molecule has 1 aliphatic rings. The monoisotopic (exact) mass is 278 g/mol. The van der Waals surface area contributed by atoms with Crippen LogP contribution in [0.3, 0.4) is 0 Å². The molecule has 0 aliphatic heterocycles. The van der Waals surface area contributed by atoms with E-state index in [4.69, 9.17) is 0 Å². The van der Waals surface area contributed by atoms with Crippen molar-refractivity contribution in [2.45, 2.75) is 31.1 Å². The lowest BCUT2D eigenvalue weighted by Gasteiger charge is -2.25. The highest BCUT2D eigenvalue weighted by molar-refractivity contribution is 7.07. The lowest BCUT2D eigenvalue weighted by Crippen LogP contribution is -2.40. The number of nitrogens with zero attached hydrogens (tertiary/aromatic N) is 4. The summed E-state index contributed by atoms with van der Waals surface area (Å²) >= 11 is 1.41. The van der Waals surface area contributed by atoms with Crippen molar-refractivity contribution in [1.82, 2.24) is 30.9 Å². The SMILES string of the molecule is O=C(NCC1(c2nn[nH]n2)CCCC1)c1cscn1. The van der Waals surface area contributed by atoms with E-state index in [0.29, 0.717) is 18.1 Å². The number of tetrazole rings is 1. The molecule has 3 rings (SSSR count). The Balaban J connectivity index is 1.71. The van der Waals surface area contributed by atoms with Crippen molar-refractivity contribution in [2.24, 2.45) is 0 Å². The first-order valence-corrected chi connectivity index (χ1v) is 7.15. The van der Waals surface area contributed by atoms with Crippen LogP contribution in [0.25, 0.3) is 0 Å². The summed E-state index contributed by atoms with van der Waals surface area (Å²) < 4.78 is 0. The van der Waals surface area contributed by atoms with Gasteiger partial charge in [0.25, 0.3) is 5.91 Å². The molecule has 0 atom stereocenters. The first-order chi connectivity index (χ1) is 9.30. The van der Waals surface area contributed by atoms with Gasteiger partial charge in [0.05, 0.1) is 10.9 Å². The molecule has 0 unspecified atom stereocenters. The first-order valence-electron chi connectivity index (χ1n) is 6.20. The molecule has 1 saturated carbocycles. The fourth-order valence-electron chi connectivity index (χ4n) is 2.58. The second-order valence-electron chi connectivity index (χ2n) is 4.78. The summed E-state index contributed by atoms with van der Waals surface area (Å²) in [5, 5.41) is 19.0. The number of thiazole rings is 1. The molecule has 7 nitrogen and oxygen atoms in total. The maximum absolute atomic E-state index is 11.9. The highest BCUT2D eigenvalue weighted by atomic mass is 32.1. The van der Waals surface area contributed by atoms with Crippen molar-refractivity contribution >= 4 is 17.2 Å². The minimum Gasteiger partial charge on any atom is -0.350 e. The van der Waals surface area contributed by atoms with E-state index in [2.05, 4.69) is 30.9 Å². The Morgan fingerprint density at radius 2 is 2.32 bits per heavy atom. The van der Waals surface area contributed by atoms with Gasteiger partial charge >= 0.3 is 0 Å². The van der Waals surface area contributed by atoms with Crippen LogP contribution in [0.1, 0.15) is 42.0 Å². The molecule has 0 spiro atoms. The number of aromatic nitrogens is 5. The van der Waals surface area contributed by atoms with Gasteiger partial charge in [-0.25, -0.2) is 4.98 Å². The largest absolute Gasteiger partial charge is 0.350 e. The summed E-state index contributed by atoms with van der Waals surface area (Å²) in [6.07, 6.45) is 4.20. The molecule has 8 heteroatoms. The number of carbonyl (C=O) groups is 1. The second kappa shape index (κ2) is 5.04. The van der Waals surface area contributed by atoms with E-state index in [0.717, 1.165) is 25.7 Å². The van der Waals surface area contributed by atoms with Crippen LogP contribution in [0, 0.1) is 0 Å². The van der Waals surface area contributed by atoms with Gasteiger partial charge in [-0.15, -0.1) is 21.5 Å². The van der Waals surface area contributed by atoms with Crippen LogP contribution in [-0.4, -0.2) is 38.1 Å². The van der Waals surface area contributed by atoms with Crippen molar-refractivity contribution in [3.05, 3.63) is 22.4 Å². The molecule has 100 valence electrons. The third-order valence-corrected chi connectivity index (χ3v) is 4.22. The van der Waals surface area contributed by atoms with E-state index < -0.39 is 0 Å². The van der Waals surface area contributed by atoms with Crippen molar-refractivity contribution in [3.63, 3.8) is 0 Å². The fraction of sp³-hybridized carbons (Fsp3) is 0.545. The molecule has 0 radical (unpaired) electrons. The quantitative estimate of drug-likeness (QED) is 0.866. The number of carbonyl (C=O) groups excluding carboxylic acids is 1. The van der Waals surface area contributed by atoms with E-state index in [9.17, 15) is 4.79 Å². The molecule has 2 N–H and O–H groups in total. The van der Waals surface area contributed by atoms with Crippen LogP contribution in [0.4, 0.5) is 0 Å². The van der Waals surface area contributed by atoms with E-state index in [1.54, 1.807) is 10.9 Å². The maximum atomic E-state index is 11.9. The topological polar surface area (TPSA) is 96.5 Å². The van der Waals surface area contributed by atoms with E-state index in [1.807, 2.05) is 0 Å². The van der Waals surface area contributed by atoms with Crippen LogP contribution in [0.15, 0.2) is 10.9 Å². The highest BCUT2D eigenvalue weighted by Crippen LogP contribution is 2.38. The summed E-state index contributed by atoms with van der Waals surface area (Å²) in [5.74, 6) is 0.555. The standard InChI is InChI=1S/C11H14N6OS/c18-9(8-5-19-7-13-8)12-6-11(3-1-2-4-11)10-14-16-17-15-10/h5,7H,1-4,6H2,(H,12,18)(H,14,15,16,17). The van der Waals surface area contributed by atoms with Crippen LogP contribution >= 0.6 is 11.3 Å². The Bertz CT molecular complexity index is 532. The number of aromatic amines is 1. The normalized spacial score (nSPS) is 17.5. The van der Waals surface area contributed by atoms with Gasteiger partial charge in [-0.3, -0.25) is 4.79 Å². The minimum absolute atomic E-state index is 0.143. The lowest BCUT2D eigenvalue weighted by molar-refractivity contribution is 0.0938. The van der Waals surface area contributed by atoms with Crippen molar-refractivity contribution in [3.8, 4) is 0 Å². The van der Waals surface area contributed by atoms with Gasteiger partial charge in [0.2, 0.25) is 0 Å². The van der Waals surface area contributed by atoms with Crippen molar-refractivity contribution in [2.75, 3.05) is 6.54 Å². The Hall–Kier alpha value is -1.83. The predicted octanol–water partition coefficient (Wildman–Crippen LogP) is 0.898. The second-order valence-corrected chi connectivity index (χ2v) is 5.50. The third-order valence-electron chi connectivity index (χ3n) is 3.63. The van der Waals surface area contributed by atoms with Gasteiger partial charge in [-0.2, -0.15) is 5.21 Å². The molecule has 1 amide bonds. The number of H-pyrrole nitrogens is 1. The predicted molar refractivity (Wildman–Crippen MR) is 68.8 cm³/mol. The van der Waals surface area contributed by atoms with E-state index in [1.165, 1.54) is 11.3 Å². The average molecular weight is 278 g/mol. The Kier molecular flexibility index (Phi) is 3.24. The van der Waals surface area contributed by atoms with Gasteiger partial charge in [0.15, 0.2) is 5.82 Å². The van der Waals surface area contributed by atoms with Gasteiger partial charge in [0.1, 0.15) is 5.69 Å². The fourth-order valence-corrected chi connectivity index (χ4v) is 3.11. The summed E-state index contributed by atoms with van der Waals surface area (Å²) in [7, 11) is 0. The lowest BCUT2D eigenvalue weighted by atomic mass is 9.85. The molecule has 19 heavy (non-hydrogen) atoms. The molecule has 2 aromatic rings. The number of nitrogens with one attached hydrogen (secondary N) is 2. The zero-order valence-corrected chi connectivity index (χ0v) is 11.1. The number of rotatable bonds is 4. The van der Waals surface area contributed by atoms with Gasteiger partial charge in [-0.05, 0) is 12.8 Å². The molecular weight excluding hydrogens is 264 g/mol. The zero-order chi connectivity index (χ0) is 13.1. The molecule has 2 heterocycles. The smallest absolute Gasteiger partial charge is 0.270 e. The number of hydrogen-bond acceptors (Lipinski definition) is 6. The van der Waals surface area contributed by atoms with E-state index in [-0.39, 0.29) is 11.3 Å². The van der Waals surface area contributed by atoms with Gasteiger partial charge < -0.3 is 5.32 Å². The molecule has 0 bridgehead atoms. The zero-order valence-electron chi connectivity index (χ0n) is 10.3. The molecule has 0 aromatic carbocycles. The number of amides is 1. The molecule has 0 saturated heterocycles. The summed E-state index contributed by atoms with van der Waals surface area (Å²) in [4.78, 5) is 15.9. The molecular formula is C11H14N6OS. The summed E-state index contributed by atoms with van der Waals surface area (Å²) in [6, 6.07) is 0. The van der Waals surface area contributed by atoms with Gasteiger partial charge in [-0.1, -0.05) is 18.1 Å². The van der Waals surface area contributed by atoms with Crippen LogP contribution in [0.2, 0.25) is 0 Å². The Morgan fingerprint density at radius 1 is 1.47 bits per heavy atom. The Morgan fingerprint density at radius 3 is 2.95 bits per heavy atom. The molecule has 1 aliphatic carbocycles. The highest BCUT2D eigenvalue weighted by Gasteiger charge is 2.39. The third kappa shape index (κ3) is 2.35. The number of hydrogen-bond donors (Lipinski definition) is 2. The van der Waals surface area contributed by atoms with Crippen molar-refractivity contribution < 1.29 is 4.79 Å².